The van der Waals surface area contributed by atoms with Gasteiger partial charge in [0.25, 0.3) is 0 Å². The summed E-state index contributed by atoms with van der Waals surface area (Å²) in [6, 6.07) is 9.37. The summed E-state index contributed by atoms with van der Waals surface area (Å²) >= 11 is 0. The van der Waals surface area contributed by atoms with E-state index in [1.807, 2.05) is 7.05 Å². The average molecular weight is 300 g/mol. The molecule has 0 saturated heterocycles. The number of hydrogen-bond acceptors (Lipinski definition) is 4. The fourth-order valence-electron chi connectivity index (χ4n) is 3.78. The number of fused-ring (bicyclic) bond motifs is 2. The van der Waals surface area contributed by atoms with Gasteiger partial charge in [-0.25, -0.2) is 0 Å². The van der Waals surface area contributed by atoms with Crippen LogP contribution in [0.5, 0.6) is 0 Å². The first kappa shape index (κ1) is 15.5. The smallest absolute Gasteiger partial charge is 0.0492 e. The Bertz CT molecular complexity index is 526. The average Bonchev–Trinajstić information content (AvgIpc) is 2.54. The van der Waals surface area contributed by atoms with E-state index in [4.69, 9.17) is 10.7 Å². The summed E-state index contributed by atoms with van der Waals surface area (Å²) in [7, 11) is 1.95. The van der Waals surface area contributed by atoms with E-state index >= 15 is 0 Å². The molecule has 1 aliphatic heterocycles. The number of nitrogens with one attached hydrogen (secondary N) is 2. The van der Waals surface area contributed by atoms with Gasteiger partial charge < -0.3 is 16.4 Å². The van der Waals surface area contributed by atoms with E-state index in [9.17, 15) is 0 Å². The van der Waals surface area contributed by atoms with Gasteiger partial charge in [0.15, 0.2) is 0 Å². The zero-order valence-electron chi connectivity index (χ0n) is 13.5. The van der Waals surface area contributed by atoms with E-state index in [0.29, 0.717) is 12.0 Å². The van der Waals surface area contributed by atoms with Gasteiger partial charge in [-0.15, -0.1) is 0 Å². The van der Waals surface area contributed by atoms with Crippen molar-refractivity contribution >= 4 is 11.4 Å². The maximum Gasteiger partial charge on any atom is 0.0492 e. The molecule has 4 heteroatoms. The molecule has 1 aromatic carbocycles. The molecule has 1 heterocycles. The van der Waals surface area contributed by atoms with Crippen LogP contribution in [0.4, 0.5) is 5.69 Å². The first-order valence-electron chi connectivity index (χ1n) is 8.60. The lowest BCUT2D eigenvalue weighted by Gasteiger charge is -2.39. The first-order chi connectivity index (χ1) is 10.8. The molecule has 1 fully saturated rings. The summed E-state index contributed by atoms with van der Waals surface area (Å²) in [6.45, 7) is 1.69. The molecule has 120 valence electrons. The molecule has 3 rings (SSSR count). The molecular formula is C18H28N4. The van der Waals surface area contributed by atoms with Crippen LogP contribution in [0.3, 0.4) is 0 Å². The Hall–Kier alpha value is -1.39. The van der Waals surface area contributed by atoms with E-state index < -0.39 is 0 Å². The number of para-hydroxylation sites is 1. The Morgan fingerprint density at radius 3 is 3.00 bits per heavy atom. The van der Waals surface area contributed by atoms with Crippen LogP contribution in [0.2, 0.25) is 0 Å². The van der Waals surface area contributed by atoms with E-state index in [1.54, 1.807) is 0 Å². The maximum absolute atomic E-state index is 6.08. The molecule has 22 heavy (non-hydrogen) atoms. The van der Waals surface area contributed by atoms with E-state index in [1.165, 1.54) is 42.6 Å². The molecule has 1 aromatic rings. The Morgan fingerprint density at radius 2 is 2.14 bits per heavy atom. The lowest BCUT2D eigenvalue weighted by atomic mass is 9.76. The number of likely N-dealkylation sites (N-methyl/N-ethyl adjacent to an activating group) is 1. The molecule has 0 spiro atoms. The van der Waals surface area contributed by atoms with Crippen molar-refractivity contribution < 1.29 is 0 Å². The van der Waals surface area contributed by atoms with Crippen LogP contribution in [0.25, 0.3) is 0 Å². The summed E-state index contributed by atoms with van der Waals surface area (Å²) < 4.78 is 0. The molecule has 0 bridgehead atoms. The predicted molar refractivity (Wildman–Crippen MR) is 93.7 cm³/mol. The molecule has 1 saturated carbocycles. The quantitative estimate of drug-likeness (QED) is 0.782. The largest absolute Gasteiger partial charge is 0.381 e. The van der Waals surface area contributed by atoms with Crippen molar-refractivity contribution in [2.24, 2.45) is 16.6 Å². The zero-order valence-corrected chi connectivity index (χ0v) is 13.5. The van der Waals surface area contributed by atoms with Gasteiger partial charge >= 0.3 is 0 Å². The molecule has 4 nitrogen and oxygen atoms in total. The number of nitrogens with two attached hydrogens (primary N) is 1. The van der Waals surface area contributed by atoms with Crippen LogP contribution in [-0.2, 0) is 0 Å². The maximum atomic E-state index is 6.08. The third kappa shape index (κ3) is 3.33. The number of nitrogens with zero attached hydrogens (tertiary/aromatic N) is 1. The lowest BCUT2D eigenvalue weighted by molar-refractivity contribution is 0.396. The number of aliphatic imine (C=N–C) groups is 1. The first-order valence-corrected chi connectivity index (χ1v) is 8.60. The van der Waals surface area contributed by atoms with Gasteiger partial charge in [0.05, 0.1) is 0 Å². The fourth-order valence-corrected chi connectivity index (χ4v) is 3.78. The van der Waals surface area contributed by atoms with Crippen LogP contribution >= 0.6 is 0 Å². The second-order valence-electron chi connectivity index (χ2n) is 6.56. The third-order valence-corrected chi connectivity index (χ3v) is 4.91. The van der Waals surface area contributed by atoms with Crippen LogP contribution in [-0.4, -0.2) is 37.9 Å². The molecule has 3 atom stereocenters. The van der Waals surface area contributed by atoms with Gasteiger partial charge in [0.2, 0.25) is 0 Å². The normalized spacial score (nSPS) is 26.9. The highest BCUT2D eigenvalue weighted by molar-refractivity contribution is 6.08. The van der Waals surface area contributed by atoms with Crippen molar-refractivity contribution in [3.63, 3.8) is 0 Å². The van der Waals surface area contributed by atoms with Crippen molar-refractivity contribution in [2.75, 3.05) is 25.5 Å². The minimum atomic E-state index is 0.188. The van der Waals surface area contributed by atoms with E-state index in [-0.39, 0.29) is 6.04 Å². The number of hydrogen-bond donors (Lipinski definition) is 3. The van der Waals surface area contributed by atoms with Gasteiger partial charge in [-0.1, -0.05) is 31.0 Å². The van der Waals surface area contributed by atoms with Gasteiger partial charge in [-0.2, -0.15) is 0 Å². The van der Waals surface area contributed by atoms with Crippen molar-refractivity contribution in [3.05, 3.63) is 29.8 Å². The summed E-state index contributed by atoms with van der Waals surface area (Å²) in [6.07, 6.45) is 6.11. The molecule has 0 aromatic heterocycles. The van der Waals surface area contributed by atoms with Crippen LogP contribution < -0.4 is 16.4 Å². The topological polar surface area (TPSA) is 62.4 Å². The number of anilines is 1. The van der Waals surface area contributed by atoms with Crippen LogP contribution in [0.1, 0.15) is 37.7 Å². The summed E-state index contributed by atoms with van der Waals surface area (Å²) in [5.41, 5.74) is 9.95. The monoisotopic (exact) mass is 300 g/mol. The highest BCUT2D eigenvalue weighted by Crippen LogP contribution is 2.36. The Kier molecular flexibility index (Phi) is 5.11. The van der Waals surface area contributed by atoms with Gasteiger partial charge in [0, 0.05) is 48.1 Å². The van der Waals surface area contributed by atoms with Crippen molar-refractivity contribution in [2.45, 2.75) is 44.2 Å². The minimum Gasteiger partial charge on any atom is -0.381 e. The second-order valence-corrected chi connectivity index (χ2v) is 6.56. The second kappa shape index (κ2) is 7.25. The summed E-state index contributed by atoms with van der Waals surface area (Å²) in [5.74, 6) is 0.573. The molecule has 0 amide bonds. The Labute approximate surface area is 133 Å². The highest BCUT2D eigenvalue weighted by Gasteiger charge is 2.34. The standard InChI is InChI=1S/C18H28N4/c1-20-12-13(19)10-11-21-18-14-6-2-4-8-16(14)22-17-9-5-3-7-15(17)18/h2,4,6,8,13,15,17,20,22H,3,5,7,9-12,19H2,1H3. The summed E-state index contributed by atoms with van der Waals surface area (Å²) in [5, 5.41) is 6.87. The van der Waals surface area contributed by atoms with Crippen molar-refractivity contribution in [1.82, 2.24) is 5.32 Å². The molecule has 1 aliphatic carbocycles. The van der Waals surface area contributed by atoms with Gasteiger partial charge in [-0.3, -0.25) is 4.99 Å². The van der Waals surface area contributed by atoms with E-state index in [0.717, 1.165) is 19.5 Å². The predicted octanol–water partition coefficient (Wildman–Crippen LogP) is 2.40. The highest BCUT2D eigenvalue weighted by atomic mass is 15.0. The number of benzene rings is 1. The van der Waals surface area contributed by atoms with E-state index in [2.05, 4.69) is 34.9 Å². The SMILES string of the molecule is CNCC(N)CCN=C1c2ccccc2NC2CCCCC12. The van der Waals surface area contributed by atoms with Gasteiger partial charge in [-0.05, 0) is 32.4 Å². The minimum absolute atomic E-state index is 0.188. The van der Waals surface area contributed by atoms with Gasteiger partial charge in [0.1, 0.15) is 0 Å². The number of rotatable bonds is 5. The molecule has 3 unspecified atom stereocenters. The molecular weight excluding hydrogens is 272 g/mol. The molecule has 0 radical (unpaired) electrons. The zero-order chi connectivity index (χ0) is 15.4. The van der Waals surface area contributed by atoms with Crippen molar-refractivity contribution in [3.8, 4) is 0 Å². The molecule has 4 N–H and O–H groups in total. The lowest BCUT2D eigenvalue weighted by Crippen LogP contribution is -2.42. The third-order valence-electron chi connectivity index (χ3n) is 4.91. The fraction of sp³-hybridized carbons (Fsp3) is 0.611. The van der Waals surface area contributed by atoms with Crippen molar-refractivity contribution in [1.29, 1.82) is 0 Å². The van der Waals surface area contributed by atoms with Crippen LogP contribution in [0.15, 0.2) is 29.3 Å². The Morgan fingerprint density at radius 1 is 1.32 bits per heavy atom. The van der Waals surface area contributed by atoms with Crippen LogP contribution in [0, 0.1) is 5.92 Å². The molecule has 2 aliphatic rings. The Balaban J connectivity index is 1.79. The summed E-state index contributed by atoms with van der Waals surface area (Å²) in [4.78, 5) is 5.00.